The second-order valence-corrected chi connectivity index (χ2v) is 4.38. The van der Waals surface area contributed by atoms with Crippen LogP contribution in [0.1, 0.15) is 0 Å². The minimum atomic E-state index is -0.566. The van der Waals surface area contributed by atoms with Crippen LogP contribution < -0.4 is 0 Å². The normalized spacial score (nSPS) is 22.4. The summed E-state index contributed by atoms with van der Waals surface area (Å²) >= 11 is 0. The van der Waals surface area contributed by atoms with Gasteiger partial charge in [0.15, 0.2) is 0 Å². The van der Waals surface area contributed by atoms with Gasteiger partial charge in [0, 0.05) is 0 Å². The summed E-state index contributed by atoms with van der Waals surface area (Å²) < 4.78 is 35.6. The van der Waals surface area contributed by atoms with Gasteiger partial charge in [0.2, 0.25) is 0 Å². The van der Waals surface area contributed by atoms with E-state index in [2.05, 4.69) is 0 Å². The number of carbonyl (C=O) groups is 2. The average Bonchev–Trinajstić information content (AvgIpc) is 2.53. The maximum Gasteiger partial charge on any atom is 0.332 e. The third-order valence-electron chi connectivity index (χ3n) is 2.54. The van der Waals surface area contributed by atoms with Gasteiger partial charge in [-0.05, 0) is 0 Å². The van der Waals surface area contributed by atoms with E-state index in [9.17, 15) is 9.59 Å². The molecule has 0 atom stereocenters. The zero-order valence-corrected chi connectivity index (χ0v) is 13.2. The van der Waals surface area contributed by atoms with Crippen LogP contribution in [0.25, 0.3) is 0 Å². The molecule has 0 unspecified atom stereocenters. The summed E-state index contributed by atoms with van der Waals surface area (Å²) in [7, 11) is 0. The first-order valence-corrected chi connectivity index (χ1v) is 7.49. The number of carbonyl (C=O) groups excluding carboxylic acids is 2. The van der Waals surface area contributed by atoms with Gasteiger partial charge in [0.05, 0.1) is 52.9 Å². The van der Waals surface area contributed by atoms with E-state index in [1.165, 1.54) is 0 Å². The van der Waals surface area contributed by atoms with E-state index in [4.69, 9.17) is 33.2 Å². The van der Waals surface area contributed by atoms with Crippen molar-refractivity contribution < 1.29 is 42.7 Å². The van der Waals surface area contributed by atoms with Gasteiger partial charge >= 0.3 is 11.9 Å². The number of hydrogen-bond acceptors (Lipinski definition) is 9. The number of ether oxygens (including phenoxy) is 7. The largest absolute Gasteiger partial charge is 0.462 e. The molecule has 0 bridgehead atoms. The number of rotatable bonds is 0. The maximum absolute atomic E-state index is 11.3. The Balaban J connectivity index is 2.18. The molecule has 0 spiro atoms. The molecule has 0 aliphatic carbocycles. The topological polar surface area (TPSA) is 98.8 Å². The fraction of sp³-hybridized carbons (Fsp3) is 0.857. The van der Waals surface area contributed by atoms with Crippen LogP contribution in [0.15, 0.2) is 0 Å². The molecule has 1 saturated heterocycles. The summed E-state index contributed by atoms with van der Waals surface area (Å²) in [5.41, 5.74) is 0. The minimum Gasteiger partial charge on any atom is -0.462 e. The maximum atomic E-state index is 11.3. The van der Waals surface area contributed by atoms with E-state index in [0.717, 1.165) is 0 Å². The van der Waals surface area contributed by atoms with Crippen LogP contribution in [0.2, 0.25) is 0 Å². The second-order valence-electron chi connectivity index (χ2n) is 4.38. The Hall–Kier alpha value is -1.26. The van der Waals surface area contributed by atoms with Crippen LogP contribution in [-0.2, 0) is 42.7 Å². The van der Waals surface area contributed by atoms with Crippen molar-refractivity contribution >= 4 is 11.9 Å². The Morgan fingerprint density at radius 2 is 0.739 bits per heavy atom. The van der Waals surface area contributed by atoms with Crippen LogP contribution in [0.4, 0.5) is 0 Å². The van der Waals surface area contributed by atoms with E-state index >= 15 is 0 Å². The molecule has 1 heterocycles. The predicted molar refractivity (Wildman–Crippen MR) is 76.0 cm³/mol. The average molecular weight is 336 g/mol. The summed E-state index contributed by atoms with van der Waals surface area (Å²) in [5.74, 6) is -1.13. The minimum absolute atomic E-state index is 0.118. The predicted octanol–water partition coefficient (Wildman–Crippen LogP) is -0.831. The molecule has 23 heavy (non-hydrogen) atoms. The monoisotopic (exact) mass is 336 g/mol. The highest BCUT2D eigenvalue weighted by Crippen LogP contribution is 1.88. The standard InChI is InChI=1S/C14H24O9/c15-13-11-21-12-14(16)23-10-8-20-6-4-18-2-1-17-3-5-19-7-9-22-13/h1-12H2. The second kappa shape index (κ2) is 14.3. The molecule has 0 radical (unpaired) electrons. The molecule has 0 amide bonds. The summed E-state index contributed by atoms with van der Waals surface area (Å²) in [6.07, 6.45) is 0. The van der Waals surface area contributed by atoms with E-state index in [1.54, 1.807) is 0 Å². The third-order valence-corrected chi connectivity index (χ3v) is 2.54. The van der Waals surface area contributed by atoms with E-state index < -0.39 is 11.9 Å². The molecule has 9 heteroatoms. The SMILES string of the molecule is O=C1COCC(=O)OCCOCCOCCOCCOCCO1. The van der Waals surface area contributed by atoms with Crippen molar-refractivity contribution in [2.75, 3.05) is 79.3 Å². The van der Waals surface area contributed by atoms with Gasteiger partial charge < -0.3 is 33.2 Å². The molecule has 0 aromatic carbocycles. The highest BCUT2D eigenvalue weighted by atomic mass is 16.6. The Morgan fingerprint density at radius 3 is 1.09 bits per heavy atom. The first-order valence-electron chi connectivity index (χ1n) is 7.49. The van der Waals surface area contributed by atoms with Crippen molar-refractivity contribution in [2.24, 2.45) is 0 Å². The first-order chi connectivity index (χ1) is 11.3. The number of esters is 2. The molecule has 1 aliphatic heterocycles. The smallest absolute Gasteiger partial charge is 0.332 e. The van der Waals surface area contributed by atoms with Crippen molar-refractivity contribution in [2.45, 2.75) is 0 Å². The van der Waals surface area contributed by atoms with Gasteiger partial charge in [0.1, 0.15) is 26.4 Å². The summed E-state index contributed by atoms with van der Waals surface area (Å²) in [6, 6.07) is 0. The van der Waals surface area contributed by atoms with Gasteiger partial charge in [-0.15, -0.1) is 0 Å². The molecular weight excluding hydrogens is 312 g/mol. The third kappa shape index (κ3) is 12.9. The van der Waals surface area contributed by atoms with Crippen molar-refractivity contribution in [3.05, 3.63) is 0 Å². The molecule has 0 aromatic heterocycles. The lowest BCUT2D eigenvalue weighted by molar-refractivity contribution is -0.157. The van der Waals surface area contributed by atoms with Gasteiger partial charge in [-0.25, -0.2) is 9.59 Å². The fourth-order valence-corrected chi connectivity index (χ4v) is 1.49. The van der Waals surface area contributed by atoms with Crippen molar-refractivity contribution in [3.63, 3.8) is 0 Å². The van der Waals surface area contributed by atoms with Crippen LogP contribution in [0, 0.1) is 0 Å². The van der Waals surface area contributed by atoms with Crippen molar-refractivity contribution in [3.8, 4) is 0 Å². The molecule has 0 N–H and O–H groups in total. The number of hydrogen-bond donors (Lipinski definition) is 0. The van der Waals surface area contributed by atoms with Gasteiger partial charge in [-0.3, -0.25) is 0 Å². The quantitative estimate of drug-likeness (QED) is 0.525. The van der Waals surface area contributed by atoms with Gasteiger partial charge in [-0.1, -0.05) is 0 Å². The molecule has 134 valence electrons. The van der Waals surface area contributed by atoms with Crippen LogP contribution >= 0.6 is 0 Å². The lowest BCUT2D eigenvalue weighted by atomic mass is 10.6. The van der Waals surface area contributed by atoms with Crippen molar-refractivity contribution in [1.29, 1.82) is 0 Å². The van der Waals surface area contributed by atoms with Crippen LogP contribution in [0.5, 0.6) is 0 Å². The van der Waals surface area contributed by atoms with Crippen molar-refractivity contribution in [1.82, 2.24) is 0 Å². The fourth-order valence-electron chi connectivity index (χ4n) is 1.49. The summed E-state index contributed by atoms with van der Waals surface area (Å²) in [5, 5.41) is 0. The lowest BCUT2D eigenvalue weighted by Gasteiger charge is -2.07. The zero-order chi connectivity index (χ0) is 16.6. The van der Waals surface area contributed by atoms with E-state index in [-0.39, 0.29) is 39.6 Å². The number of cyclic esters (lactones) is 2. The van der Waals surface area contributed by atoms with Gasteiger partial charge in [0.25, 0.3) is 0 Å². The Labute approximate surface area is 135 Å². The highest BCUT2D eigenvalue weighted by molar-refractivity contribution is 5.73. The Morgan fingerprint density at radius 1 is 0.435 bits per heavy atom. The highest BCUT2D eigenvalue weighted by Gasteiger charge is 2.07. The molecule has 1 aliphatic rings. The van der Waals surface area contributed by atoms with E-state index in [1.807, 2.05) is 0 Å². The molecule has 1 fully saturated rings. The Bertz CT molecular complexity index is 291. The summed E-state index contributed by atoms with van der Waals surface area (Å²) in [4.78, 5) is 22.6. The van der Waals surface area contributed by atoms with Crippen LogP contribution in [0.3, 0.4) is 0 Å². The molecule has 9 nitrogen and oxygen atoms in total. The Kier molecular flexibility index (Phi) is 12.3. The van der Waals surface area contributed by atoms with E-state index in [0.29, 0.717) is 39.6 Å². The zero-order valence-electron chi connectivity index (χ0n) is 13.2. The van der Waals surface area contributed by atoms with Gasteiger partial charge in [-0.2, -0.15) is 0 Å². The first kappa shape index (κ1) is 19.8. The molecule has 1 rings (SSSR count). The van der Waals surface area contributed by atoms with Crippen LogP contribution in [-0.4, -0.2) is 91.2 Å². The molecule has 0 saturated carbocycles. The molecule has 0 aromatic rings. The summed E-state index contributed by atoms with van der Waals surface area (Å²) in [6.45, 7) is 2.77. The lowest BCUT2D eigenvalue weighted by Crippen LogP contribution is -2.21. The molecular formula is C14H24O9.